The van der Waals surface area contributed by atoms with Crippen LogP contribution in [0.2, 0.25) is 0 Å². The molecule has 20 heavy (non-hydrogen) atoms. The summed E-state index contributed by atoms with van der Waals surface area (Å²) in [6.07, 6.45) is 4.29. The predicted octanol–water partition coefficient (Wildman–Crippen LogP) is 1.63. The first-order chi connectivity index (χ1) is 9.74. The average Bonchev–Trinajstić information content (AvgIpc) is 2.47. The smallest absolute Gasteiger partial charge is 0.265 e. The second-order valence-electron chi connectivity index (χ2n) is 4.67. The zero-order valence-electron chi connectivity index (χ0n) is 11.0. The molecule has 5 heteroatoms. The lowest BCUT2D eigenvalue weighted by atomic mass is 10.1. The fourth-order valence-corrected chi connectivity index (χ4v) is 2.26. The molecule has 5 nitrogen and oxygen atoms in total. The third-order valence-electron chi connectivity index (χ3n) is 3.30. The molecular weight excluding hydrogens is 254 g/mol. The van der Waals surface area contributed by atoms with Gasteiger partial charge in [-0.05, 0) is 36.2 Å². The first kappa shape index (κ1) is 12.5. The van der Waals surface area contributed by atoms with Crippen LogP contribution >= 0.6 is 0 Å². The maximum absolute atomic E-state index is 12.0. The normalized spacial score (nSPS) is 13.8. The fraction of sp³-hybridized carbons (Fsp3) is 0.200. The Morgan fingerprint density at radius 1 is 1.25 bits per heavy atom. The molecule has 1 aliphatic rings. The third kappa shape index (κ3) is 2.42. The van der Waals surface area contributed by atoms with Gasteiger partial charge >= 0.3 is 0 Å². The van der Waals surface area contributed by atoms with Crippen LogP contribution in [-0.4, -0.2) is 24.0 Å². The molecular formula is C15H15N3O2. The summed E-state index contributed by atoms with van der Waals surface area (Å²) in [5.74, 6) is 0.635. The summed E-state index contributed by atoms with van der Waals surface area (Å²) in [7, 11) is 0. The highest BCUT2D eigenvalue weighted by Crippen LogP contribution is 2.33. The van der Waals surface area contributed by atoms with E-state index in [1.807, 2.05) is 18.2 Å². The number of aromatic nitrogens is 1. The third-order valence-corrected chi connectivity index (χ3v) is 3.30. The number of hydrogen-bond acceptors (Lipinski definition) is 4. The molecule has 0 unspecified atom stereocenters. The van der Waals surface area contributed by atoms with Gasteiger partial charge in [-0.1, -0.05) is 0 Å². The van der Waals surface area contributed by atoms with Gasteiger partial charge in [-0.15, -0.1) is 0 Å². The number of amides is 1. The lowest BCUT2D eigenvalue weighted by molar-refractivity contribution is -0.121. The van der Waals surface area contributed by atoms with Crippen LogP contribution in [0.25, 0.3) is 0 Å². The number of nitrogens with zero attached hydrogens (tertiary/aromatic N) is 2. The summed E-state index contributed by atoms with van der Waals surface area (Å²) >= 11 is 0. The molecule has 2 N–H and O–H groups in total. The van der Waals surface area contributed by atoms with Crippen molar-refractivity contribution in [1.29, 1.82) is 0 Å². The molecule has 2 aromatic rings. The number of ether oxygens (including phenoxy) is 1. The molecule has 0 saturated heterocycles. The highest BCUT2D eigenvalue weighted by atomic mass is 16.5. The molecule has 102 valence electrons. The Balaban J connectivity index is 1.81. The molecule has 2 heterocycles. The maximum atomic E-state index is 12.0. The van der Waals surface area contributed by atoms with Crippen molar-refractivity contribution in [3.05, 3.63) is 48.3 Å². The molecule has 1 aromatic heterocycles. The fourth-order valence-electron chi connectivity index (χ4n) is 2.26. The molecule has 0 fully saturated rings. The van der Waals surface area contributed by atoms with Gasteiger partial charge in [0.25, 0.3) is 5.91 Å². The van der Waals surface area contributed by atoms with E-state index in [0.29, 0.717) is 18.0 Å². The molecule has 1 aliphatic heterocycles. The Morgan fingerprint density at radius 2 is 2.05 bits per heavy atom. The number of rotatable bonds is 3. The van der Waals surface area contributed by atoms with Gasteiger partial charge in [-0.2, -0.15) is 0 Å². The van der Waals surface area contributed by atoms with Crippen LogP contribution in [0.1, 0.15) is 5.56 Å². The first-order valence-corrected chi connectivity index (χ1v) is 6.45. The van der Waals surface area contributed by atoms with E-state index in [-0.39, 0.29) is 12.5 Å². The SMILES string of the molecule is Nc1ccc2c(c1)OCC(=O)N2CCc1ccncc1. The number of hydrogen-bond donors (Lipinski definition) is 1. The molecule has 0 atom stereocenters. The van der Waals surface area contributed by atoms with E-state index in [1.54, 1.807) is 29.4 Å². The molecule has 0 saturated carbocycles. The number of carbonyl (C=O) groups excluding carboxylic acids is 1. The number of carbonyl (C=O) groups is 1. The van der Waals surface area contributed by atoms with Gasteiger partial charge in [0.1, 0.15) is 5.75 Å². The van der Waals surface area contributed by atoms with Gasteiger partial charge in [0.2, 0.25) is 0 Å². The van der Waals surface area contributed by atoms with Crippen LogP contribution in [0.15, 0.2) is 42.7 Å². The molecule has 0 radical (unpaired) electrons. The summed E-state index contributed by atoms with van der Waals surface area (Å²) < 4.78 is 5.42. The van der Waals surface area contributed by atoms with Crippen LogP contribution in [0.5, 0.6) is 5.75 Å². The highest BCUT2D eigenvalue weighted by molar-refractivity contribution is 5.98. The largest absolute Gasteiger partial charge is 0.481 e. The maximum Gasteiger partial charge on any atom is 0.265 e. The first-order valence-electron chi connectivity index (χ1n) is 6.45. The van der Waals surface area contributed by atoms with Crippen LogP contribution in [0, 0.1) is 0 Å². The number of fused-ring (bicyclic) bond motifs is 1. The second kappa shape index (κ2) is 5.21. The molecule has 0 bridgehead atoms. The standard InChI is InChI=1S/C15H15N3O2/c16-12-1-2-13-14(9-12)20-10-15(19)18(13)8-5-11-3-6-17-7-4-11/h1-4,6-7,9H,5,8,10,16H2. The van der Waals surface area contributed by atoms with Crippen molar-refractivity contribution in [2.24, 2.45) is 0 Å². The minimum atomic E-state index is -0.0312. The topological polar surface area (TPSA) is 68.5 Å². The van der Waals surface area contributed by atoms with E-state index < -0.39 is 0 Å². The van der Waals surface area contributed by atoms with E-state index >= 15 is 0 Å². The van der Waals surface area contributed by atoms with Crippen LogP contribution in [0.3, 0.4) is 0 Å². The van der Waals surface area contributed by atoms with E-state index in [2.05, 4.69) is 4.98 Å². The second-order valence-corrected chi connectivity index (χ2v) is 4.67. The summed E-state index contributed by atoms with van der Waals surface area (Å²) in [6, 6.07) is 9.26. The van der Waals surface area contributed by atoms with Crippen molar-refractivity contribution in [3.8, 4) is 5.75 Å². The van der Waals surface area contributed by atoms with Crippen LogP contribution < -0.4 is 15.4 Å². The van der Waals surface area contributed by atoms with Crippen LogP contribution in [-0.2, 0) is 11.2 Å². The average molecular weight is 269 g/mol. The van der Waals surface area contributed by atoms with Crippen LogP contribution in [0.4, 0.5) is 11.4 Å². The number of nitrogens with two attached hydrogens (primary N) is 1. The van der Waals surface area contributed by atoms with Gasteiger partial charge in [0, 0.05) is 30.7 Å². The van der Waals surface area contributed by atoms with Gasteiger partial charge in [0.05, 0.1) is 5.69 Å². The van der Waals surface area contributed by atoms with E-state index in [0.717, 1.165) is 17.7 Å². The van der Waals surface area contributed by atoms with E-state index in [4.69, 9.17) is 10.5 Å². The van der Waals surface area contributed by atoms with Crippen molar-refractivity contribution in [2.75, 3.05) is 23.8 Å². The lowest BCUT2D eigenvalue weighted by Gasteiger charge is -2.29. The molecule has 1 aromatic carbocycles. The van der Waals surface area contributed by atoms with E-state index in [1.165, 1.54) is 0 Å². The van der Waals surface area contributed by atoms with Crippen molar-refractivity contribution < 1.29 is 9.53 Å². The van der Waals surface area contributed by atoms with Crippen molar-refractivity contribution in [3.63, 3.8) is 0 Å². The van der Waals surface area contributed by atoms with Gasteiger partial charge in [-0.3, -0.25) is 9.78 Å². The van der Waals surface area contributed by atoms with Crippen molar-refractivity contribution >= 4 is 17.3 Å². The Hall–Kier alpha value is -2.56. The Kier molecular flexibility index (Phi) is 3.25. The number of pyridine rings is 1. The zero-order valence-corrected chi connectivity index (χ0v) is 11.0. The van der Waals surface area contributed by atoms with Gasteiger partial charge in [0.15, 0.2) is 6.61 Å². The molecule has 0 aliphatic carbocycles. The molecule has 0 spiro atoms. The minimum absolute atomic E-state index is 0.0312. The van der Waals surface area contributed by atoms with Gasteiger partial charge < -0.3 is 15.4 Å². The van der Waals surface area contributed by atoms with Crippen molar-refractivity contribution in [1.82, 2.24) is 4.98 Å². The molecule has 3 rings (SSSR count). The number of anilines is 2. The summed E-state index contributed by atoms with van der Waals surface area (Å²) in [5, 5.41) is 0. The highest BCUT2D eigenvalue weighted by Gasteiger charge is 2.25. The summed E-state index contributed by atoms with van der Waals surface area (Å²) in [5.41, 5.74) is 8.30. The lowest BCUT2D eigenvalue weighted by Crippen LogP contribution is -2.40. The van der Waals surface area contributed by atoms with Crippen molar-refractivity contribution in [2.45, 2.75) is 6.42 Å². The number of nitrogen functional groups attached to an aromatic ring is 1. The zero-order chi connectivity index (χ0) is 13.9. The number of benzene rings is 1. The predicted molar refractivity (Wildman–Crippen MR) is 76.6 cm³/mol. The minimum Gasteiger partial charge on any atom is -0.481 e. The van der Waals surface area contributed by atoms with E-state index in [9.17, 15) is 4.79 Å². The summed E-state index contributed by atoms with van der Waals surface area (Å²) in [4.78, 5) is 17.8. The Morgan fingerprint density at radius 3 is 2.85 bits per heavy atom. The van der Waals surface area contributed by atoms with Gasteiger partial charge in [-0.25, -0.2) is 0 Å². The monoisotopic (exact) mass is 269 g/mol. The quantitative estimate of drug-likeness (QED) is 0.860. The Labute approximate surface area is 117 Å². The Bertz CT molecular complexity index is 628. The summed E-state index contributed by atoms with van der Waals surface area (Å²) in [6.45, 7) is 0.677. The molecule has 1 amide bonds.